The fourth-order valence-corrected chi connectivity index (χ4v) is 2.28. The summed E-state index contributed by atoms with van der Waals surface area (Å²) in [5.74, 6) is -2.08. The van der Waals surface area contributed by atoms with E-state index in [9.17, 15) is 19.5 Å². The molecule has 106 valence electrons. The lowest BCUT2D eigenvalue weighted by molar-refractivity contribution is -0.121. The maximum Gasteiger partial charge on any atom is 0.341 e. The van der Waals surface area contributed by atoms with Crippen molar-refractivity contribution in [3.63, 3.8) is 0 Å². The van der Waals surface area contributed by atoms with Gasteiger partial charge >= 0.3 is 5.97 Å². The Bertz CT molecular complexity index is 720. The molecule has 3 rings (SSSR count). The van der Waals surface area contributed by atoms with Crippen molar-refractivity contribution in [1.82, 2.24) is 9.78 Å². The van der Waals surface area contributed by atoms with E-state index in [4.69, 9.17) is 0 Å². The van der Waals surface area contributed by atoms with Crippen molar-refractivity contribution >= 4 is 23.6 Å². The molecule has 0 unspecified atom stereocenters. The second kappa shape index (κ2) is 4.86. The highest BCUT2D eigenvalue weighted by atomic mass is 16.4. The van der Waals surface area contributed by atoms with Crippen molar-refractivity contribution in [3.8, 4) is 5.69 Å². The summed E-state index contributed by atoms with van der Waals surface area (Å²) in [4.78, 5) is 36.1. The molecule has 0 atom stereocenters. The molecule has 7 nitrogen and oxygen atoms in total. The van der Waals surface area contributed by atoms with Gasteiger partial charge in [-0.2, -0.15) is 5.10 Å². The third kappa shape index (κ3) is 2.08. The smallest absolute Gasteiger partial charge is 0.341 e. The molecule has 7 heteroatoms. The van der Waals surface area contributed by atoms with Crippen LogP contribution in [0.2, 0.25) is 0 Å². The monoisotopic (exact) mass is 285 g/mol. The van der Waals surface area contributed by atoms with Gasteiger partial charge in [0.05, 0.1) is 11.9 Å². The van der Waals surface area contributed by atoms with Gasteiger partial charge in [0, 0.05) is 12.8 Å². The minimum absolute atomic E-state index is 0.0128. The predicted molar refractivity (Wildman–Crippen MR) is 72.3 cm³/mol. The molecule has 21 heavy (non-hydrogen) atoms. The lowest BCUT2D eigenvalue weighted by Gasteiger charge is -2.16. The van der Waals surface area contributed by atoms with Crippen molar-refractivity contribution in [3.05, 3.63) is 42.1 Å². The molecule has 1 N–H and O–H groups in total. The number of rotatable bonds is 3. The fraction of sp³-hybridized carbons (Fsp3) is 0.143. The zero-order chi connectivity index (χ0) is 15.0. The SMILES string of the molecule is O=C(O)c1cnn(-c2ccccc2)c1N1C(=O)CCC1=O. The largest absolute Gasteiger partial charge is 0.477 e. The van der Waals surface area contributed by atoms with E-state index in [0.29, 0.717) is 5.69 Å². The second-order valence-electron chi connectivity index (χ2n) is 4.56. The minimum Gasteiger partial charge on any atom is -0.477 e. The Kier molecular flexibility index (Phi) is 3.02. The summed E-state index contributed by atoms with van der Waals surface area (Å²) in [6.45, 7) is 0. The molecule has 1 aromatic heterocycles. The number of carbonyl (C=O) groups excluding carboxylic acids is 2. The number of amides is 2. The Morgan fingerprint density at radius 1 is 1.10 bits per heavy atom. The fourth-order valence-electron chi connectivity index (χ4n) is 2.28. The molecule has 2 heterocycles. The summed E-state index contributed by atoms with van der Waals surface area (Å²) in [7, 11) is 0. The summed E-state index contributed by atoms with van der Waals surface area (Å²) in [6.07, 6.45) is 1.30. The molecule has 2 aromatic rings. The van der Waals surface area contributed by atoms with Gasteiger partial charge in [-0.15, -0.1) is 0 Å². The molecule has 1 aromatic carbocycles. The van der Waals surface area contributed by atoms with Gasteiger partial charge in [-0.05, 0) is 12.1 Å². The molecular formula is C14H11N3O4. The first-order chi connectivity index (χ1) is 10.1. The zero-order valence-corrected chi connectivity index (χ0v) is 10.9. The summed E-state index contributed by atoms with van der Waals surface area (Å²) in [5.41, 5.74) is 0.398. The molecule has 0 spiro atoms. The zero-order valence-electron chi connectivity index (χ0n) is 10.9. The van der Waals surface area contributed by atoms with Gasteiger partial charge in [-0.1, -0.05) is 18.2 Å². The topological polar surface area (TPSA) is 92.5 Å². The third-order valence-electron chi connectivity index (χ3n) is 3.24. The second-order valence-corrected chi connectivity index (χ2v) is 4.56. The van der Waals surface area contributed by atoms with E-state index in [1.54, 1.807) is 30.3 Å². The van der Waals surface area contributed by atoms with E-state index in [1.165, 1.54) is 4.68 Å². The van der Waals surface area contributed by atoms with Crippen LogP contribution >= 0.6 is 0 Å². The van der Waals surface area contributed by atoms with Crippen LogP contribution < -0.4 is 4.90 Å². The van der Waals surface area contributed by atoms with Gasteiger partial charge in [-0.3, -0.25) is 9.59 Å². The molecule has 0 saturated carbocycles. The average molecular weight is 285 g/mol. The number of hydrogen-bond donors (Lipinski definition) is 1. The first-order valence-corrected chi connectivity index (χ1v) is 6.32. The predicted octanol–water partition coefficient (Wildman–Crippen LogP) is 1.22. The van der Waals surface area contributed by atoms with Gasteiger partial charge in [0.1, 0.15) is 5.56 Å². The Hall–Kier alpha value is -2.96. The van der Waals surface area contributed by atoms with Crippen LogP contribution in [0.3, 0.4) is 0 Å². The molecule has 1 fully saturated rings. The van der Waals surface area contributed by atoms with Crippen molar-refractivity contribution in [1.29, 1.82) is 0 Å². The van der Waals surface area contributed by atoms with Gasteiger partial charge in [-0.25, -0.2) is 14.4 Å². The highest BCUT2D eigenvalue weighted by Gasteiger charge is 2.36. The maximum absolute atomic E-state index is 11.9. The normalized spacial score (nSPS) is 14.8. The van der Waals surface area contributed by atoms with E-state index in [0.717, 1.165) is 11.1 Å². The number of hydrogen-bond acceptors (Lipinski definition) is 4. The number of carboxylic acids is 1. The number of aromatic carboxylic acids is 1. The molecule has 1 aliphatic heterocycles. The van der Waals surface area contributed by atoms with Gasteiger partial charge < -0.3 is 5.11 Å². The molecule has 1 aliphatic rings. The Morgan fingerprint density at radius 2 is 1.71 bits per heavy atom. The highest BCUT2D eigenvalue weighted by Crippen LogP contribution is 2.28. The Morgan fingerprint density at radius 3 is 2.29 bits per heavy atom. The van der Waals surface area contributed by atoms with Crippen molar-refractivity contribution in [2.45, 2.75) is 12.8 Å². The van der Waals surface area contributed by atoms with Crippen LogP contribution in [0.1, 0.15) is 23.2 Å². The summed E-state index contributed by atoms with van der Waals surface area (Å²) < 4.78 is 1.30. The highest BCUT2D eigenvalue weighted by molar-refractivity contribution is 6.21. The lowest BCUT2D eigenvalue weighted by Crippen LogP contribution is -2.32. The van der Waals surface area contributed by atoms with Crippen molar-refractivity contribution in [2.24, 2.45) is 0 Å². The number of nitrogens with zero attached hydrogens (tertiary/aromatic N) is 3. The van der Waals surface area contributed by atoms with Crippen LogP contribution in [0.15, 0.2) is 36.5 Å². The average Bonchev–Trinajstić information content (AvgIpc) is 3.03. The summed E-state index contributed by atoms with van der Waals surface area (Å²) >= 11 is 0. The van der Waals surface area contributed by atoms with Gasteiger partial charge in [0.2, 0.25) is 11.8 Å². The van der Waals surface area contributed by atoms with E-state index >= 15 is 0 Å². The van der Waals surface area contributed by atoms with Crippen LogP contribution in [-0.4, -0.2) is 32.7 Å². The third-order valence-corrected chi connectivity index (χ3v) is 3.24. The number of benzene rings is 1. The van der Waals surface area contributed by atoms with Gasteiger partial charge in [0.25, 0.3) is 0 Å². The van der Waals surface area contributed by atoms with E-state index in [1.807, 2.05) is 0 Å². The van der Waals surface area contributed by atoms with Gasteiger partial charge in [0.15, 0.2) is 5.82 Å². The molecular weight excluding hydrogens is 274 g/mol. The number of aromatic nitrogens is 2. The first-order valence-electron chi connectivity index (χ1n) is 6.32. The molecule has 1 saturated heterocycles. The standard InChI is InChI=1S/C14H11N3O4/c18-11-6-7-12(19)16(11)13-10(14(20)21)8-15-17(13)9-4-2-1-3-5-9/h1-5,8H,6-7H2,(H,20,21). The van der Waals surface area contributed by atoms with E-state index in [-0.39, 0.29) is 24.2 Å². The van der Waals surface area contributed by atoms with E-state index in [2.05, 4.69) is 5.10 Å². The van der Waals surface area contributed by atoms with Crippen LogP contribution in [0.4, 0.5) is 5.82 Å². The molecule has 0 bridgehead atoms. The van der Waals surface area contributed by atoms with E-state index < -0.39 is 17.8 Å². The lowest BCUT2D eigenvalue weighted by atomic mass is 10.3. The van der Waals surface area contributed by atoms with Crippen LogP contribution in [0.25, 0.3) is 5.69 Å². The molecule has 0 aliphatic carbocycles. The number of anilines is 1. The van der Waals surface area contributed by atoms with Crippen molar-refractivity contribution < 1.29 is 19.5 Å². The van der Waals surface area contributed by atoms with Crippen molar-refractivity contribution in [2.75, 3.05) is 4.90 Å². The van der Waals surface area contributed by atoms with Crippen LogP contribution in [0.5, 0.6) is 0 Å². The van der Waals surface area contributed by atoms with Crippen LogP contribution in [0, 0.1) is 0 Å². The quantitative estimate of drug-likeness (QED) is 0.856. The first kappa shape index (κ1) is 13.0. The Labute approximate surface area is 119 Å². The molecule has 2 amide bonds. The molecule has 0 radical (unpaired) electrons. The Balaban J connectivity index is 2.21. The number of carbonyl (C=O) groups is 3. The van der Waals surface area contributed by atoms with Crippen LogP contribution in [-0.2, 0) is 9.59 Å². The summed E-state index contributed by atoms with van der Waals surface area (Å²) in [5, 5.41) is 13.3. The summed E-state index contributed by atoms with van der Waals surface area (Å²) in [6, 6.07) is 8.75. The minimum atomic E-state index is -1.24. The number of para-hydroxylation sites is 1. The maximum atomic E-state index is 11.9. The number of carboxylic acid groups (broad SMARTS) is 1. The number of imide groups is 1.